The van der Waals surface area contributed by atoms with E-state index in [1.54, 1.807) is 28.4 Å². The van der Waals surface area contributed by atoms with E-state index < -0.39 is 0 Å². The minimum Gasteiger partial charge on any atom is -0.497 e. The van der Waals surface area contributed by atoms with Crippen LogP contribution in [-0.2, 0) is 22.3 Å². The maximum absolute atomic E-state index is 6.19. The lowest BCUT2D eigenvalue weighted by Crippen LogP contribution is -2.13. The van der Waals surface area contributed by atoms with Crippen LogP contribution in [0.25, 0.3) is 10.8 Å². The van der Waals surface area contributed by atoms with Gasteiger partial charge in [-0.1, -0.05) is 12.2 Å². The van der Waals surface area contributed by atoms with E-state index >= 15 is 0 Å². The SMILES string of the molecule is COCCOc1c2c(c(OCCOC)c3c(OC)cc(OC)cc13)CC=CC2. The van der Waals surface area contributed by atoms with Crippen molar-refractivity contribution in [3.8, 4) is 23.0 Å². The Morgan fingerprint density at radius 1 is 0.714 bits per heavy atom. The summed E-state index contributed by atoms with van der Waals surface area (Å²) in [5.74, 6) is 3.05. The summed E-state index contributed by atoms with van der Waals surface area (Å²) in [7, 11) is 6.62. The summed E-state index contributed by atoms with van der Waals surface area (Å²) in [6.45, 7) is 1.95. The van der Waals surface area contributed by atoms with E-state index in [0.29, 0.717) is 37.9 Å². The Hall–Kier alpha value is -2.44. The topological polar surface area (TPSA) is 55.4 Å². The summed E-state index contributed by atoms with van der Waals surface area (Å²) in [6.07, 6.45) is 5.89. The molecule has 0 aromatic heterocycles. The molecule has 28 heavy (non-hydrogen) atoms. The average Bonchev–Trinajstić information content (AvgIpc) is 2.74. The molecule has 0 radical (unpaired) electrons. The molecule has 0 aliphatic heterocycles. The largest absolute Gasteiger partial charge is 0.497 e. The lowest BCUT2D eigenvalue weighted by molar-refractivity contribution is 0.144. The highest BCUT2D eigenvalue weighted by molar-refractivity contribution is 6.01. The first-order valence-corrected chi connectivity index (χ1v) is 9.37. The molecule has 0 fully saturated rings. The van der Waals surface area contributed by atoms with Gasteiger partial charge in [0, 0.05) is 36.8 Å². The van der Waals surface area contributed by atoms with Crippen LogP contribution in [0.4, 0.5) is 0 Å². The summed E-state index contributed by atoms with van der Waals surface area (Å²) in [6, 6.07) is 3.84. The van der Waals surface area contributed by atoms with Crippen LogP contribution in [0.2, 0.25) is 0 Å². The fourth-order valence-electron chi connectivity index (χ4n) is 3.48. The summed E-state index contributed by atoms with van der Waals surface area (Å²) in [4.78, 5) is 0. The number of methoxy groups -OCH3 is 4. The van der Waals surface area contributed by atoms with Crippen LogP contribution >= 0.6 is 0 Å². The summed E-state index contributed by atoms with van der Waals surface area (Å²) >= 11 is 0. The molecule has 1 aliphatic rings. The van der Waals surface area contributed by atoms with Gasteiger partial charge in [-0.25, -0.2) is 0 Å². The van der Waals surface area contributed by atoms with Gasteiger partial charge in [-0.3, -0.25) is 0 Å². The molecule has 152 valence electrons. The van der Waals surface area contributed by atoms with Gasteiger partial charge in [-0.15, -0.1) is 0 Å². The van der Waals surface area contributed by atoms with E-state index in [2.05, 4.69) is 12.2 Å². The highest BCUT2D eigenvalue weighted by atomic mass is 16.5. The van der Waals surface area contributed by atoms with Crippen molar-refractivity contribution in [3.05, 3.63) is 35.4 Å². The van der Waals surface area contributed by atoms with Crippen molar-refractivity contribution in [3.63, 3.8) is 0 Å². The molecule has 0 saturated heterocycles. The predicted molar refractivity (Wildman–Crippen MR) is 108 cm³/mol. The molecule has 0 saturated carbocycles. The van der Waals surface area contributed by atoms with Crippen molar-refractivity contribution in [2.45, 2.75) is 12.8 Å². The average molecular weight is 388 g/mol. The molecular weight excluding hydrogens is 360 g/mol. The van der Waals surface area contributed by atoms with Crippen LogP contribution in [-0.4, -0.2) is 54.9 Å². The van der Waals surface area contributed by atoms with Crippen molar-refractivity contribution >= 4 is 10.8 Å². The van der Waals surface area contributed by atoms with Gasteiger partial charge in [0.1, 0.15) is 36.2 Å². The Morgan fingerprint density at radius 3 is 1.89 bits per heavy atom. The van der Waals surface area contributed by atoms with Crippen molar-refractivity contribution in [1.29, 1.82) is 0 Å². The van der Waals surface area contributed by atoms with Crippen LogP contribution in [0.1, 0.15) is 11.1 Å². The number of hydrogen-bond donors (Lipinski definition) is 0. The molecule has 0 N–H and O–H groups in total. The second-order valence-electron chi connectivity index (χ2n) is 6.43. The third-order valence-electron chi connectivity index (χ3n) is 4.79. The Labute approximate surface area is 165 Å². The Bertz CT molecular complexity index is 843. The lowest BCUT2D eigenvalue weighted by atomic mass is 9.90. The zero-order valence-corrected chi connectivity index (χ0v) is 17.0. The Balaban J connectivity index is 2.26. The van der Waals surface area contributed by atoms with Gasteiger partial charge in [-0.05, 0) is 18.9 Å². The smallest absolute Gasteiger partial charge is 0.135 e. The first-order valence-electron chi connectivity index (χ1n) is 9.37. The zero-order valence-electron chi connectivity index (χ0n) is 17.0. The zero-order chi connectivity index (χ0) is 19.9. The third-order valence-corrected chi connectivity index (χ3v) is 4.79. The summed E-state index contributed by atoms with van der Waals surface area (Å²) in [5.41, 5.74) is 2.26. The molecular formula is C22H28O6. The molecule has 0 atom stereocenters. The quantitative estimate of drug-likeness (QED) is 0.458. The molecule has 6 heteroatoms. The molecule has 0 amide bonds. The van der Waals surface area contributed by atoms with Gasteiger partial charge in [-0.2, -0.15) is 0 Å². The summed E-state index contributed by atoms with van der Waals surface area (Å²) in [5, 5.41) is 1.80. The van der Waals surface area contributed by atoms with Gasteiger partial charge in [0.05, 0.1) is 32.8 Å². The third kappa shape index (κ3) is 4.03. The molecule has 1 aliphatic carbocycles. The molecule has 2 aromatic rings. The first-order chi connectivity index (χ1) is 13.7. The molecule has 3 rings (SSSR count). The van der Waals surface area contributed by atoms with Gasteiger partial charge >= 0.3 is 0 Å². The second-order valence-corrected chi connectivity index (χ2v) is 6.43. The first kappa shape index (κ1) is 20.3. The monoisotopic (exact) mass is 388 g/mol. The van der Waals surface area contributed by atoms with Gasteiger partial charge in [0.25, 0.3) is 0 Å². The van der Waals surface area contributed by atoms with Crippen LogP contribution in [0.5, 0.6) is 23.0 Å². The molecule has 0 spiro atoms. The van der Waals surface area contributed by atoms with Crippen LogP contribution in [0.3, 0.4) is 0 Å². The number of fused-ring (bicyclic) bond motifs is 2. The standard InChI is InChI=1S/C22H28O6/c1-23-9-11-27-21-16-7-5-6-8-17(16)22(28-12-10-24-2)20-18(21)13-15(25-3)14-19(20)26-4/h5-6,13-14H,7-12H2,1-4H3. The van der Waals surface area contributed by atoms with E-state index in [9.17, 15) is 0 Å². The maximum atomic E-state index is 6.19. The van der Waals surface area contributed by atoms with Crippen molar-refractivity contribution in [2.75, 3.05) is 54.9 Å². The Kier molecular flexibility index (Phi) is 7.01. The van der Waals surface area contributed by atoms with Gasteiger partial charge in [0.15, 0.2) is 0 Å². The number of hydrogen-bond acceptors (Lipinski definition) is 6. The maximum Gasteiger partial charge on any atom is 0.135 e. The molecule has 0 unspecified atom stereocenters. The van der Waals surface area contributed by atoms with Crippen molar-refractivity contribution < 1.29 is 28.4 Å². The van der Waals surface area contributed by atoms with E-state index in [4.69, 9.17) is 28.4 Å². The van der Waals surface area contributed by atoms with Crippen LogP contribution in [0, 0.1) is 0 Å². The predicted octanol–water partition coefficient (Wildman–Crippen LogP) is 3.56. The second kappa shape index (κ2) is 9.66. The lowest BCUT2D eigenvalue weighted by Gasteiger charge is -2.25. The fraction of sp³-hybridized carbons (Fsp3) is 0.455. The number of allylic oxidation sites excluding steroid dienone is 2. The van der Waals surface area contributed by atoms with Crippen molar-refractivity contribution in [1.82, 2.24) is 0 Å². The number of benzene rings is 2. The number of ether oxygens (including phenoxy) is 6. The van der Waals surface area contributed by atoms with E-state index in [1.807, 2.05) is 12.1 Å². The van der Waals surface area contributed by atoms with E-state index in [1.165, 1.54) is 0 Å². The van der Waals surface area contributed by atoms with Crippen LogP contribution < -0.4 is 18.9 Å². The highest BCUT2D eigenvalue weighted by Gasteiger charge is 2.25. The van der Waals surface area contributed by atoms with Gasteiger partial charge in [0.2, 0.25) is 0 Å². The molecule has 2 aromatic carbocycles. The van der Waals surface area contributed by atoms with Gasteiger partial charge < -0.3 is 28.4 Å². The highest BCUT2D eigenvalue weighted by Crippen LogP contribution is 2.48. The fourth-order valence-corrected chi connectivity index (χ4v) is 3.48. The molecule has 0 heterocycles. The summed E-state index contributed by atoms with van der Waals surface area (Å²) < 4.78 is 33.9. The molecule has 0 bridgehead atoms. The minimum absolute atomic E-state index is 0.459. The van der Waals surface area contributed by atoms with E-state index in [-0.39, 0.29) is 0 Å². The number of rotatable bonds is 10. The normalized spacial score (nSPS) is 12.7. The Morgan fingerprint density at radius 2 is 1.32 bits per heavy atom. The molecule has 6 nitrogen and oxygen atoms in total. The van der Waals surface area contributed by atoms with E-state index in [0.717, 1.165) is 46.2 Å². The van der Waals surface area contributed by atoms with Crippen molar-refractivity contribution in [2.24, 2.45) is 0 Å². The van der Waals surface area contributed by atoms with Crippen LogP contribution in [0.15, 0.2) is 24.3 Å². The minimum atomic E-state index is 0.459.